The van der Waals surface area contributed by atoms with E-state index in [1.807, 2.05) is 0 Å². The van der Waals surface area contributed by atoms with Gasteiger partial charge in [0.2, 0.25) is 5.91 Å². The predicted molar refractivity (Wildman–Crippen MR) is 117 cm³/mol. The number of aromatic nitrogens is 1. The zero-order valence-corrected chi connectivity index (χ0v) is 19.4. The highest BCUT2D eigenvalue weighted by Crippen LogP contribution is 2.33. The van der Waals surface area contributed by atoms with Crippen molar-refractivity contribution in [2.75, 3.05) is 19.8 Å². The van der Waals surface area contributed by atoms with Crippen LogP contribution in [0.15, 0.2) is 12.3 Å². The summed E-state index contributed by atoms with van der Waals surface area (Å²) in [7, 11) is 0. The number of nitrogens with zero attached hydrogens (tertiary/aromatic N) is 2. The lowest BCUT2D eigenvalue weighted by molar-refractivity contribution is -0.137. The number of carbonyl (C=O) groups excluding carboxylic acids is 1. The molecule has 3 heterocycles. The minimum Gasteiger partial charge on any atom is -0.381 e. The zero-order chi connectivity index (χ0) is 23.3. The van der Waals surface area contributed by atoms with Crippen molar-refractivity contribution in [3.8, 4) is 0 Å². The summed E-state index contributed by atoms with van der Waals surface area (Å²) in [5, 5.41) is 3.66. The molecular weight excluding hydrogens is 419 g/mol. The lowest BCUT2D eigenvalue weighted by Gasteiger charge is -2.31. The van der Waals surface area contributed by atoms with Gasteiger partial charge in [0.25, 0.3) is 0 Å². The van der Waals surface area contributed by atoms with Gasteiger partial charge in [-0.3, -0.25) is 9.78 Å². The number of hydrogen-bond acceptors (Lipinski definition) is 4. The Morgan fingerprint density at radius 1 is 1.16 bits per heavy atom. The van der Waals surface area contributed by atoms with Gasteiger partial charge in [0.05, 0.1) is 5.56 Å². The molecule has 1 aliphatic carbocycles. The van der Waals surface area contributed by atoms with Crippen molar-refractivity contribution >= 4 is 5.91 Å². The van der Waals surface area contributed by atoms with Gasteiger partial charge in [-0.2, -0.15) is 13.2 Å². The number of fused-ring (bicyclic) bond motifs is 1. The van der Waals surface area contributed by atoms with Gasteiger partial charge in [0.1, 0.15) is 0 Å². The number of hydrogen-bond donors (Lipinski definition) is 1. The van der Waals surface area contributed by atoms with E-state index in [2.05, 4.69) is 31.1 Å². The molecule has 1 unspecified atom stereocenters. The van der Waals surface area contributed by atoms with E-state index in [0.29, 0.717) is 36.3 Å². The van der Waals surface area contributed by atoms with Crippen LogP contribution >= 0.6 is 0 Å². The molecule has 4 rings (SSSR count). The largest absolute Gasteiger partial charge is 0.417 e. The lowest BCUT2D eigenvalue weighted by atomic mass is 10.00. The summed E-state index contributed by atoms with van der Waals surface area (Å²) >= 11 is 0. The van der Waals surface area contributed by atoms with Crippen LogP contribution in [0.5, 0.6) is 0 Å². The molecule has 32 heavy (non-hydrogen) atoms. The number of carbonyl (C=O) groups is 1. The van der Waals surface area contributed by atoms with Gasteiger partial charge in [-0.15, -0.1) is 0 Å². The van der Waals surface area contributed by atoms with Crippen LogP contribution in [-0.4, -0.2) is 47.6 Å². The highest BCUT2D eigenvalue weighted by Gasteiger charge is 2.36. The molecule has 180 valence electrons. The molecule has 1 aromatic heterocycles. The molecule has 1 saturated carbocycles. The topological polar surface area (TPSA) is 54.5 Å². The predicted octanol–water partition coefficient (Wildman–Crippen LogP) is 4.58. The molecule has 1 aromatic rings. The molecule has 5 nitrogen and oxygen atoms in total. The Bertz CT molecular complexity index is 761. The van der Waals surface area contributed by atoms with Crippen molar-refractivity contribution in [2.45, 2.75) is 84.1 Å². The summed E-state index contributed by atoms with van der Waals surface area (Å²) < 4.78 is 44.3. The molecule has 2 aliphatic heterocycles. The van der Waals surface area contributed by atoms with E-state index in [-0.39, 0.29) is 18.4 Å². The van der Waals surface area contributed by atoms with Gasteiger partial charge in [0, 0.05) is 62.6 Å². The minimum absolute atomic E-state index is 0.0438. The summed E-state index contributed by atoms with van der Waals surface area (Å²) in [4.78, 5) is 18.7. The van der Waals surface area contributed by atoms with Gasteiger partial charge in [-0.25, -0.2) is 0 Å². The van der Waals surface area contributed by atoms with Crippen molar-refractivity contribution < 1.29 is 22.7 Å². The van der Waals surface area contributed by atoms with E-state index in [4.69, 9.17) is 4.74 Å². The zero-order valence-electron chi connectivity index (χ0n) is 19.4. The average molecular weight is 456 g/mol. The number of pyridine rings is 1. The second kappa shape index (κ2) is 11.0. The van der Waals surface area contributed by atoms with E-state index in [1.54, 1.807) is 4.90 Å². The molecule has 1 saturated heterocycles. The molecule has 0 spiro atoms. The van der Waals surface area contributed by atoms with Gasteiger partial charge < -0.3 is 15.0 Å². The molecule has 1 amide bonds. The summed E-state index contributed by atoms with van der Waals surface area (Å²) in [5.74, 6) is 0.858. The Morgan fingerprint density at radius 2 is 1.84 bits per heavy atom. The summed E-state index contributed by atoms with van der Waals surface area (Å²) in [6.45, 7) is 8.82. The fourth-order valence-electron chi connectivity index (χ4n) is 4.58. The Kier molecular flexibility index (Phi) is 8.55. The average Bonchev–Trinajstić information content (AvgIpc) is 3.20. The molecule has 8 heteroatoms. The SMILES string of the molecule is CC(C)C.O=C(C1CC[C@@H](NC2CCOCC2)C1)N1CCc2ncc(C(F)(F)F)cc2C1. The summed E-state index contributed by atoms with van der Waals surface area (Å²) in [6.07, 6.45) is 1.61. The molecule has 2 atom stereocenters. The molecule has 3 aliphatic rings. The van der Waals surface area contributed by atoms with E-state index in [1.165, 1.54) is 0 Å². The van der Waals surface area contributed by atoms with E-state index in [0.717, 1.165) is 63.5 Å². The Labute approximate surface area is 189 Å². The summed E-state index contributed by atoms with van der Waals surface area (Å²) in [6, 6.07) is 1.94. The first-order valence-corrected chi connectivity index (χ1v) is 11.8. The summed E-state index contributed by atoms with van der Waals surface area (Å²) in [5.41, 5.74) is 0.439. The molecule has 1 N–H and O–H groups in total. The van der Waals surface area contributed by atoms with Crippen LogP contribution in [0.4, 0.5) is 13.2 Å². The number of halogens is 3. The third-order valence-corrected chi connectivity index (χ3v) is 6.15. The maximum absolute atomic E-state index is 13.0. The fraction of sp³-hybridized carbons (Fsp3) is 0.750. The van der Waals surface area contributed by atoms with Crippen molar-refractivity contribution in [3.05, 3.63) is 29.1 Å². The smallest absolute Gasteiger partial charge is 0.381 e. The van der Waals surface area contributed by atoms with Crippen molar-refractivity contribution in [1.29, 1.82) is 0 Å². The van der Waals surface area contributed by atoms with E-state index >= 15 is 0 Å². The number of amides is 1. The number of rotatable bonds is 3. The first-order chi connectivity index (χ1) is 15.1. The molecule has 0 bridgehead atoms. The molecule has 0 aromatic carbocycles. The van der Waals surface area contributed by atoms with Gasteiger partial charge in [-0.1, -0.05) is 20.8 Å². The van der Waals surface area contributed by atoms with Crippen LogP contribution in [0.1, 0.15) is 69.7 Å². The van der Waals surface area contributed by atoms with Crippen molar-refractivity contribution in [2.24, 2.45) is 11.8 Å². The standard InChI is InChI=1S/C20H26F3N3O2.C4H10/c21-20(22,23)15-9-14-12-26(6-3-18(14)24-11-15)19(27)13-1-2-17(10-13)25-16-4-7-28-8-5-16;1-4(2)3/h9,11,13,16-17,25H,1-8,10,12H2;4H,1-3H3/t13?,17-;/m1./s1. The first kappa shape index (κ1) is 25.0. The molecule has 0 radical (unpaired) electrons. The maximum atomic E-state index is 13.0. The van der Waals surface area contributed by atoms with Crippen LogP contribution in [0.25, 0.3) is 0 Å². The van der Waals surface area contributed by atoms with E-state index in [9.17, 15) is 18.0 Å². The molecular formula is C24H36F3N3O2. The Morgan fingerprint density at radius 3 is 2.50 bits per heavy atom. The second-order valence-electron chi connectivity index (χ2n) is 9.83. The van der Waals surface area contributed by atoms with Crippen molar-refractivity contribution in [3.63, 3.8) is 0 Å². The van der Waals surface area contributed by atoms with Gasteiger partial charge in [-0.05, 0) is 49.7 Å². The van der Waals surface area contributed by atoms with Crippen LogP contribution in [0.2, 0.25) is 0 Å². The monoisotopic (exact) mass is 455 g/mol. The normalized spacial score (nSPS) is 24.2. The van der Waals surface area contributed by atoms with Gasteiger partial charge in [0.15, 0.2) is 0 Å². The Balaban J connectivity index is 0.000000668. The van der Waals surface area contributed by atoms with Crippen molar-refractivity contribution in [1.82, 2.24) is 15.2 Å². The van der Waals surface area contributed by atoms with Crippen LogP contribution in [0.3, 0.4) is 0 Å². The minimum atomic E-state index is -4.41. The first-order valence-electron chi connectivity index (χ1n) is 11.8. The number of alkyl halides is 3. The highest BCUT2D eigenvalue weighted by atomic mass is 19.4. The molecule has 2 fully saturated rings. The van der Waals surface area contributed by atoms with E-state index < -0.39 is 11.7 Å². The maximum Gasteiger partial charge on any atom is 0.417 e. The van der Waals surface area contributed by atoms with Crippen LogP contribution in [0, 0.1) is 11.8 Å². The van der Waals surface area contributed by atoms with Crippen LogP contribution in [-0.2, 0) is 28.7 Å². The quantitative estimate of drug-likeness (QED) is 0.725. The fourth-order valence-corrected chi connectivity index (χ4v) is 4.58. The third kappa shape index (κ3) is 6.91. The van der Waals surface area contributed by atoms with Crippen LogP contribution < -0.4 is 5.32 Å². The second-order valence-corrected chi connectivity index (χ2v) is 9.83. The lowest BCUT2D eigenvalue weighted by Crippen LogP contribution is -2.42. The number of ether oxygens (including phenoxy) is 1. The highest BCUT2D eigenvalue weighted by molar-refractivity contribution is 5.79. The Hall–Kier alpha value is -1.67. The third-order valence-electron chi connectivity index (χ3n) is 6.15. The van der Waals surface area contributed by atoms with Gasteiger partial charge >= 0.3 is 6.18 Å². The number of nitrogens with one attached hydrogen (secondary N) is 1.